The van der Waals surface area contributed by atoms with Crippen LogP contribution in [0.2, 0.25) is 0 Å². The highest BCUT2D eigenvalue weighted by Crippen LogP contribution is 2.31. The molecule has 2 heterocycles. The fourth-order valence-electron chi connectivity index (χ4n) is 3.98. The molecule has 5 rings (SSSR count). The maximum absolute atomic E-state index is 12.3. The van der Waals surface area contributed by atoms with Gasteiger partial charge in [0.05, 0.1) is 36.8 Å². The lowest BCUT2D eigenvalue weighted by atomic mass is 10.2. The van der Waals surface area contributed by atoms with E-state index in [4.69, 9.17) is 24.2 Å². The summed E-state index contributed by atoms with van der Waals surface area (Å²) in [6, 6.07) is 20.8. The van der Waals surface area contributed by atoms with Crippen molar-refractivity contribution >= 4 is 39.1 Å². The van der Waals surface area contributed by atoms with Crippen LogP contribution in [0.1, 0.15) is 17.3 Å². The van der Waals surface area contributed by atoms with E-state index in [2.05, 4.69) is 4.57 Å². The Morgan fingerprint density at radius 1 is 0.970 bits per heavy atom. The minimum absolute atomic E-state index is 0.310. The van der Waals surface area contributed by atoms with Gasteiger partial charge in [0, 0.05) is 5.39 Å². The summed E-state index contributed by atoms with van der Waals surface area (Å²) >= 11 is 0. The van der Waals surface area contributed by atoms with Gasteiger partial charge in [0.1, 0.15) is 29.2 Å². The molecule has 0 radical (unpaired) electrons. The molecule has 0 unspecified atom stereocenters. The molecular formula is C26H23N3O4. The van der Waals surface area contributed by atoms with Crippen LogP contribution in [0.5, 0.6) is 11.5 Å². The molecule has 33 heavy (non-hydrogen) atoms. The van der Waals surface area contributed by atoms with Crippen molar-refractivity contribution in [3.63, 3.8) is 0 Å². The predicted octanol–water partition coefficient (Wildman–Crippen LogP) is 5.00. The lowest BCUT2D eigenvalue weighted by molar-refractivity contribution is 0.0521. The maximum atomic E-state index is 12.3. The van der Waals surface area contributed by atoms with Crippen molar-refractivity contribution in [2.75, 3.05) is 20.3 Å². The van der Waals surface area contributed by atoms with Crippen LogP contribution in [0, 0.1) is 0 Å². The third-order valence-electron chi connectivity index (χ3n) is 5.51. The van der Waals surface area contributed by atoms with Gasteiger partial charge in [-0.25, -0.2) is 14.8 Å². The zero-order chi connectivity index (χ0) is 22.8. The van der Waals surface area contributed by atoms with Crippen molar-refractivity contribution in [2.45, 2.75) is 13.5 Å². The highest BCUT2D eigenvalue weighted by Gasteiger charge is 2.17. The van der Waals surface area contributed by atoms with E-state index in [-0.39, 0.29) is 0 Å². The van der Waals surface area contributed by atoms with E-state index in [0.29, 0.717) is 31.1 Å². The molecule has 0 N–H and O–H groups in total. The van der Waals surface area contributed by atoms with Gasteiger partial charge in [0.25, 0.3) is 0 Å². The Labute approximate surface area is 190 Å². The summed E-state index contributed by atoms with van der Waals surface area (Å²) in [5.74, 6) is 0.862. The third kappa shape index (κ3) is 3.82. The van der Waals surface area contributed by atoms with E-state index in [9.17, 15) is 4.79 Å². The molecular weight excluding hydrogens is 418 g/mol. The number of carbonyl (C=O) groups is 1. The van der Waals surface area contributed by atoms with Gasteiger partial charge in [-0.3, -0.25) is 0 Å². The molecule has 0 atom stereocenters. The van der Waals surface area contributed by atoms with Crippen LogP contribution in [-0.4, -0.2) is 40.8 Å². The van der Waals surface area contributed by atoms with Crippen LogP contribution in [0.15, 0.2) is 66.7 Å². The summed E-state index contributed by atoms with van der Waals surface area (Å²) in [4.78, 5) is 22.0. The summed E-state index contributed by atoms with van der Waals surface area (Å²) in [6.45, 7) is 2.96. The Morgan fingerprint density at radius 2 is 1.73 bits per heavy atom. The molecule has 0 saturated carbocycles. The van der Waals surface area contributed by atoms with Gasteiger partial charge in [0.2, 0.25) is 0 Å². The molecule has 5 aromatic rings. The topological polar surface area (TPSA) is 75.5 Å². The largest absolute Gasteiger partial charge is 0.497 e. The Hall–Kier alpha value is -4.13. The lowest BCUT2D eigenvalue weighted by Gasteiger charge is -2.12. The lowest BCUT2D eigenvalue weighted by Crippen LogP contribution is -2.12. The van der Waals surface area contributed by atoms with E-state index in [1.807, 2.05) is 48.5 Å². The number of methoxy groups -OCH3 is 1. The predicted molar refractivity (Wildman–Crippen MR) is 127 cm³/mol. The number of rotatable bonds is 7. The van der Waals surface area contributed by atoms with E-state index in [0.717, 1.165) is 38.8 Å². The Morgan fingerprint density at radius 3 is 2.52 bits per heavy atom. The van der Waals surface area contributed by atoms with Crippen LogP contribution < -0.4 is 9.47 Å². The summed E-state index contributed by atoms with van der Waals surface area (Å²) in [5.41, 5.74) is 4.66. The number of fused-ring (bicyclic) bond motifs is 4. The van der Waals surface area contributed by atoms with Gasteiger partial charge < -0.3 is 18.8 Å². The van der Waals surface area contributed by atoms with Crippen molar-refractivity contribution < 1.29 is 19.0 Å². The highest BCUT2D eigenvalue weighted by atomic mass is 16.5. The zero-order valence-corrected chi connectivity index (χ0v) is 18.4. The third-order valence-corrected chi connectivity index (χ3v) is 5.51. The molecule has 0 saturated heterocycles. The number of esters is 1. The first kappa shape index (κ1) is 20.8. The second kappa shape index (κ2) is 8.78. The molecule has 0 aliphatic heterocycles. The molecule has 7 heteroatoms. The standard InChI is InChI=1S/C26H23N3O4/c1-3-32-26(30)18-8-4-7-11-23(18)33-15-14-29-22-13-12-17(31-2)16-19(22)24-25(29)28-21-10-6-5-9-20(21)27-24/h4-13,16H,3,14-15H2,1-2H3. The van der Waals surface area contributed by atoms with E-state index in [1.165, 1.54) is 0 Å². The van der Waals surface area contributed by atoms with Crippen LogP contribution in [0.3, 0.4) is 0 Å². The van der Waals surface area contributed by atoms with Crippen molar-refractivity contribution in [1.29, 1.82) is 0 Å². The van der Waals surface area contributed by atoms with Gasteiger partial charge in [-0.2, -0.15) is 0 Å². The summed E-state index contributed by atoms with van der Waals surface area (Å²) < 4.78 is 18.7. The number of aromatic nitrogens is 3. The fraction of sp³-hybridized carbons (Fsp3) is 0.192. The number of benzene rings is 3. The van der Waals surface area contributed by atoms with Gasteiger partial charge in [-0.05, 0) is 49.4 Å². The molecule has 0 fully saturated rings. The second-order valence-corrected chi connectivity index (χ2v) is 7.48. The molecule has 166 valence electrons. The summed E-state index contributed by atoms with van der Waals surface area (Å²) in [7, 11) is 1.65. The summed E-state index contributed by atoms with van der Waals surface area (Å²) in [5, 5.41) is 0.967. The van der Waals surface area contributed by atoms with Gasteiger partial charge >= 0.3 is 5.97 Å². The second-order valence-electron chi connectivity index (χ2n) is 7.48. The number of para-hydroxylation sites is 3. The van der Waals surface area contributed by atoms with Crippen molar-refractivity contribution in [3.8, 4) is 11.5 Å². The monoisotopic (exact) mass is 441 g/mol. The number of carbonyl (C=O) groups excluding carboxylic acids is 1. The quantitative estimate of drug-likeness (QED) is 0.331. The van der Waals surface area contributed by atoms with Crippen LogP contribution in [0.4, 0.5) is 0 Å². The SMILES string of the molecule is CCOC(=O)c1ccccc1OCCn1c2ccc(OC)cc2c2nc3ccccc3nc21. The van der Waals surface area contributed by atoms with Crippen LogP contribution >= 0.6 is 0 Å². The first-order valence-corrected chi connectivity index (χ1v) is 10.8. The Bertz CT molecular complexity index is 1480. The van der Waals surface area contributed by atoms with E-state index in [1.54, 1.807) is 32.2 Å². The molecule has 2 aromatic heterocycles. The first-order valence-electron chi connectivity index (χ1n) is 10.8. The van der Waals surface area contributed by atoms with Crippen molar-refractivity contribution in [3.05, 3.63) is 72.3 Å². The van der Waals surface area contributed by atoms with Crippen molar-refractivity contribution in [2.24, 2.45) is 0 Å². The fourth-order valence-corrected chi connectivity index (χ4v) is 3.98. The highest BCUT2D eigenvalue weighted by molar-refractivity contribution is 6.07. The Kier molecular flexibility index (Phi) is 5.52. The molecule has 7 nitrogen and oxygen atoms in total. The zero-order valence-electron chi connectivity index (χ0n) is 18.4. The van der Waals surface area contributed by atoms with E-state index >= 15 is 0 Å². The first-order chi connectivity index (χ1) is 16.2. The number of ether oxygens (including phenoxy) is 3. The number of hydrogen-bond acceptors (Lipinski definition) is 6. The van der Waals surface area contributed by atoms with Gasteiger partial charge in [0.15, 0.2) is 5.65 Å². The van der Waals surface area contributed by atoms with Gasteiger partial charge in [-0.15, -0.1) is 0 Å². The number of hydrogen-bond donors (Lipinski definition) is 0. The van der Waals surface area contributed by atoms with Crippen LogP contribution in [-0.2, 0) is 11.3 Å². The average Bonchev–Trinajstić information content (AvgIpc) is 3.15. The minimum Gasteiger partial charge on any atom is -0.497 e. The number of nitrogens with zero attached hydrogens (tertiary/aromatic N) is 3. The van der Waals surface area contributed by atoms with Crippen molar-refractivity contribution in [1.82, 2.24) is 14.5 Å². The van der Waals surface area contributed by atoms with Gasteiger partial charge in [-0.1, -0.05) is 24.3 Å². The normalized spacial score (nSPS) is 11.2. The molecule has 0 bridgehead atoms. The summed E-state index contributed by atoms with van der Waals surface area (Å²) in [6.07, 6.45) is 0. The average molecular weight is 441 g/mol. The smallest absolute Gasteiger partial charge is 0.341 e. The van der Waals surface area contributed by atoms with E-state index < -0.39 is 5.97 Å². The molecule has 0 spiro atoms. The van der Waals surface area contributed by atoms with Crippen LogP contribution in [0.25, 0.3) is 33.1 Å². The maximum Gasteiger partial charge on any atom is 0.341 e. The molecule has 0 aliphatic rings. The molecule has 3 aromatic carbocycles. The minimum atomic E-state index is -0.394. The molecule has 0 amide bonds. The molecule has 0 aliphatic carbocycles. The Balaban J connectivity index is 1.53.